The number of carbonyl (C=O) groups is 1. The Hall–Kier alpha value is -2.02. The van der Waals surface area contributed by atoms with E-state index in [2.05, 4.69) is 20.3 Å². The van der Waals surface area contributed by atoms with Gasteiger partial charge in [0.15, 0.2) is 0 Å². The number of aromatic nitrogens is 3. The molecule has 0 aromatic carbocycles. The van der Waals surface area contributed by atoms with Crippen LogP contribution in [0.1, 0.15) is 28.4 Å². The van der Waals surface area contributed by atoms with Crippen molar-refractivity contribution in [3.05, 3.63) is 34.2 Å². The first-order chi connectivity index (χ1) is 11.1. The maximum absolute atomic E-state index is 12.4. The molecule has 0 unspecified atom stereocenters. The fraction of sp³-hybridized carbons (Fsp3) is 0.500. The summed E-state index contributed by atoms with van der Waals surface area (Å²) < 4.78 is 0. The van der Waals surface area contributed by atoms with Gasteiger partial charge in [-0.05, 0) is 26.7 Å². The Morgan fingerprint density at radius 3 is 2.74 bits per heavy atom. The highest BCUT2D eigenvalue weighted by Gasteiger charge is 2.23. The van der Waals surface area contributed by atoms with Crippen molar-refractivity contribution in [2.45, 2.75) is 39.2 Å². The zero-order valence-electron chi connectivity index (χ0n) is 13.5. The lowest BCUT2D eigenvalue weighted by molar-refractivity contribution is -0.131. The number of anilines is 1. The lowest BCUT2D eigenvalue weighted by Crippen LogP contribution is -2.43. The van der Waals surface area contributed by atoms with Gasteiger partial charge in [-0.3, -0.25) is 4.79 Å². The monoisotopic (exact) mass is 331 g/mol. The fourth-order valence-corrected chi connectivity index (χ4v) is 3.55. The molecule has 1 aliphatic heterocycles. The van der Waals surface area contributed by atoms with Crippen LogP contribution in [0.2, 0.25) is 0 Å². The summed E-state index contributed by atoms with van der Waals surface area (Å²) in [5.74, 6) is 1.06. The average molecular weight is 331 g/mol. The molecule has 2 aromatic heterocycles. The minimum absolute atomic E-state index is 0.199. The minimum Gasteiger partial charge on any atom is -0.367 e. The van der Waals surface area contributed by atoms with Crippen molar-refractivity contribution < 1.29 is 4.79 Å². The molecule has 0 spiro atoms. The standard InChI is InChI=1S/C16H21N5OS/c1-11-7-15(19-10-18-11)20-13-3-5-21(6-4-13)16(22)8-14-9-17-12(2)23-14/h7,9-10,13H,3-6,8H2,1-2H3,(H,18,19,20). The molecule has 0 radical (unpaired) electrons. The molecule has 23 heavy (non-hydrogen) atoms. The second-order valence-electron chi connectivity index (χ2n) is 5.87. The van der Waals surface area contributed by atoms with Crippen LogP contribution >= 0.6 is 11.3 Å². The molecule has 122 valence electrons. The van der Waals surface area contributed by atoms with Crippen molar-refractivity contribution in [3.8, 4) is 0 Å². The van der Waals surface area contributed by atoms with E-state index in [-0.39, 0.29) is 5.91 Å². The Balaban J connectivity index is 1.49. The van der Waals surface area contributed by atoms with Crippen molar-refractivity contribution in [1.29, 1.82) is 0 Å². The zero-order chi connectivity index (χ0) is 16.2. The van der Waals surface area contributed by atoms with Gasteiger partial charge in [0.2, 0.25) is 5.91 Å². The molecule has 6 nitrogen and oxygen atoms in total. The highest BCUT2D eigenvalue weighted by Crippen LogP contribution is 2.18. The number of likely N-dealkylation sites (tertiary alicyclic amines) is 1. The molecule has 0 aliphatic carbocycles. The summed E-state index contributed by atoms with van der Waals surface area (Å²) in [6.07, 6.45) is 5.73. The first-order valence-corrected chi connectivity index (χ1v) is 8.66. The van der Waals surface area contributed by atoms with Gasteiger partial charge in [0.25, 0.3) is 0 Å². The van der Waals surface area contributed by atoms with Gasteiger partial charge < -0.3 is 10.2 Å². The van der Waals surface area contributed by atoms with E-state index in [0.717, 1.165) is 47.3 Å². The van der Waals surface area contributed by atoms with Crippen LogP contribution < -0.4 is 5.32 Å². The average Bonchev–Trinajstić information content (AvgIpc) is 2.93. The van der Waals surface area contributed by atoms with Gasteiger partial charge in [0, 0.05) is 42.0 Å². The smallest absolute Gasteiger partial charge is 0.227 e. The predicted octanol–water partition coefficient (Wildman–Crippen LogP) is 2.20. The summed E-state index contributed by atoms with van der Waals surface area (Å²) in [7, 11) is 0. The molecule has 1 saturated heterocycles. The maximum Gasteiger partial charge on any atom is 0.227 e. The van der Waals surface area contributed by atoms with Crippen LogP contribution in [0, 0.1) is 13.8 Å². The molecule has 0 bridgehead atoms. The summed E-state index contributed by atoms with van der Waals surface area (Å²) >= 11 is 1.60. The van der Waals surface area contributed by atoms with Gasteiger partial charge in [-0.2, -0.15) is 0 Å². The molecule has 2 aromatic rings. The lowest BCUT2D eigenvalue weighted by atomic mass is 10.0. The van der Waals surface area contributed by atoms with E-state index in [4.69, 9.17) is 0 Å². The number of aryl methyl sites for hydroxylation is 2. The van der Waals surface area contributed by atoms with Gasteiger partial charge >= 0.3 is 0 Å². The van der Waals surface area contributed by atoms with Crippen LogP contribution in [-0.2, 0) is 11.2 Å². The van der Waals surface area contributed by atoms with E-state index in [0.29, 0.717) is 12.5 Å². The third-order valence-electron chi connectivity index (χ3n) is 4.00. The highest BCUT2D eigenvalue weighted by molar-refractivity contribution is 7.11. The van der Waals surface area contributed by atoms with Crippen molar-refractivity contribution in [2.75, 3.05) is 18.4 Å². The quantitative estimate of drug-likeness (QED) is 0.930. The first kappa shape index (κ1) is 15.9. The molecule has 7 heteroatoms. The zero-order valence-corrected chi connectivity index (χ0v) is 14.3. The molecule has 1 fully saturated rings. The lowest BCUT2D eigenvalue weighted by Gasteiger charge is -2.32. The number of piperidine rings is 1. The number of carbonyl (C=O) groups excluding carboxylic acids is 1. The maximum atomic E-state index is 12.4. The molecular formula is C16H21N5OS. The van der Waals surface area contributed by atoms with E-state index >= 15 is 0 Å². The summed E-state index contributed by atoms with van der Waals surface area (Å²) in [6, 6.07) is 2.31. The highest BCUT2D eigenvalue weighted by atomic mass is 32.1. The largest absolute Gasteiger partial charge is 0.367 e. The topological polar surface area (TPSA) is 71.0 Å². The van der Waals surface area contributed by atoms with Crippen molar-refractivity contribution >= 4 is 23.1 Å². The molecule has 1 aliphatic rings. The number of thiazole rings is 1. The number of hydrogen-bond acceptors (Lipinski definition) is 6. The SMILES string of the molecule is Cc1cc(NC2CCN(C(=O)Cc3cnc(C)s3)CC2)ncn1. The van der Waals surface area contributed by atoms with E-state index in [9.17, 15) is 4.79 Å². The molecule has 1 N–H and O–H groups in total. The summed E-state index contributed by atoms with van der Waals surface area (Å²) in [5.41, 5.74) is 0.954. The number of rotatable bonds is 4. The van der Waals surface area contributed by atoms with Crippen LogP contribution in [-0.4, -0.2) is 44.9 Å². The van der Waals surface area contributed by atoms with Crippen molar-refractivity contribution in [2.24, 2.45) is 0 Å². The predicted molar refractivity (Wildman–Crippen MR) is 90.5 cm³/mol. The van der Waals surface area contributed by atoms with Gasteiger partial charge in [0.1, 0.15) is 12.1 Å². The molecule has 1 amide bonds. The molecule has 3 heterocycles. The number of hydrogen-bond donors (Lipinski definition) is 1. The van der Waals surface area contributed by atoms with E-state index in [1.807, 2.05) is 31.0 Å². The Morgan fingerprint density at radius 2 is 2.09 bits per heavy atom. The molecule has 0 atom stereocenters. The first-order valence-electron chi connectivity index (χ1n) is 7.84. The van der Waals surface area contributed by atoms with Crippen LogP contribution in [0.5, 0.6) is 0 Å². The Kier molecular flexibility index (Phi) is 4.85. The van der Waals surface area contributed by atoms with E-state index in [1.165, 1.54) is 0 Å². The third-order valence-corrected chi connectivity index (χ3v) is 4.91. The normalized spacial score (nSPS) is 15.7. The van der Waals surface area contributed by atoms with Crippen LogP contribution in [0.15, 0.2) is 18.6 Å². The number of nitrogens with zero attached hydrogens (tertiary/aromatic N) is 4. The van der Waals surface area contributed by atoms with E-state index < -0.39 is 0 Å². The Labute approximate surface area is 140 Å². The second kappa shape index (κ2) is 7.04. The summed E-state index contributed by atoms with van der Waals surface area (Å²) in [6.45, 7) is 5.50. The van der Waals surface area contributed by atoms with Gasteiger partial charge in [-0.15, -0.1) is 11.3 Å². The van der Waals surface area contributed by atoms with Gasteiger partial charge in [-0.25, -0.2) is 15.0 Å². The summed E-state index contributed by atoms with van der Waals surface area (Å²) in [5, 5.41) is 4.45. The fourth-order valence-electron chi connectivity index (χ4n) is 2.76. The Bertz CT molecular complexity index is 679. The minimum atomic E-state index is 0.199. The van der Waals surface area contributed by atoms with Gasteiger partial charge in [0.05, 0.1) is 11.4 Å². The van der Waals surface area contributed by atoms with Crippen LogP contribution in [0.4, 0.5) is 5.82 Å². The third kappa shape index (κ3) is 4.25. The molecular weight excluding hydrogens is 310 g/mol. The summed E-state index contributed by atoms with van der Waals surface area (Å²) in [4.78, 5) is 27.9. The Morgan fingerprint density at radius 1 is 1.30 bits per heavy atom. The number of nitrogens with one attached hydrogen (secondary N) is 1. The van der Waals surface area contributed by atoms with Gasteiger partial charge in [-0.1, -0.05) is 0 Å². The van der Waals surface area contributed by atoms with Crippen LogP contribution in [0.25, 0.3) is 0 Å². The van der Waals surface area contributed by atoms with Crippen molar-refractivity contribution in [1.82, 2.24) is 19.9 Å². The van der Waals surface area contributed by atoms with E-state index in [1.54, 1.807) is 17.7 Å². The number of amides is 1. The van der Waals surface area contributed by atoms with Crippen molar-refractivity contribution in [3.63, 3.8) is 0 Å². The van der Waals surface area contributed by atoms with Crippen LogP contribution in [0.3, 0.4) is 0 Å². The second-order valence-corrected chi connectivity index (χ2v) is 7.19. The molecule has 0 saturated carbocycles. The molecule has 3 rings (SSSR count).